The van der Waals surface area contributed by atoms with Gasteiger partial charge in [0.25, 0.3) is 0 Å². The largest absolute Gasteiger partial charge is 0.379 e. The number of rotatable bonds is 3. The number of benzene rings is 1. The molecule has 0 spiro atoms. The van der Waals surface area contributed by atoms with Crippen molar-refractivity contribution in [1.82, 2.24) is 0 Å². The lowest BCUT2D eigenvalue weighted by molar-refractivity contribution is 0.580. The van der Waals surface area contributed by atoms with E-state index in [4.69, 9.17) is 5.73 Å². The Hall–Kier alpha value is -0.540. The van der Waals surface area contributed by atoms with E-state index in [1.807, 2.05) is 0 Å². The number of anilines is 1. The quantitative estimate of drug-likeness (QED) is 0.873. The first-order valence-corrected chi connectivity index (χ1v) is 5.48. The second-order valence-electron chi connectivity index (χ2n) is 4.23. The minimum absolute atomic E-state index is 0.0623. The molecule has 0 radical (unpaired) electrons. The summed E-state index contributed by atoms with van der Waals surface area (Å²) >= 11 is 3.47. The predicted molar refractivity (Wildman–Crippen MR) is 65.6 cm³/mol. The number of hydrogen-bond acceptors (Lipinski definition) is 2. The zero-order valence-corrected chi connectivity index (χ0v) is 10.5. The summed E-state index contributed by atoms with van der Waals surface area (Å²) in [7, 11) is 0. The smallest absolute Gasteiger partial charge is 0.0439 e. The third-order valence-corrected chi connectivity index (χ3v) is 2.49. The van der Waals surface area contributed by atoms with Gasteiger partial charge in [-0.25, -0.2) is 0 Å². The molecule has 0 unspecified atom stereocenters. The van der Waals surface area contributed by atoms with Crippen molar-refractivity contribution in [2.24, 2.45) is 5.73 Å². The Kier molecular flexibility index (Phi) is 3.56. The van der Waals surface area contributed by atoms with Crippen LogP contribution in [0.2, 0.25) is 0 Å². The van der Waals surface area contributed by atoms with Crippen molar-refractivity contribution in [3.63, 3.8) is 0 Å². The van der Waals surface area contributed by atoms with Crippen molar-refractivity contribution in [2.45, 2.75) is 26.3 Å². The van der Waals surface area contributed by atoms with E-state index in [0.717, 1.165) is 10.2 Å². The lowest BCUT2D eigenvalue weighted by Gasteiger charge is -2.26. The zero-order valence-electron chi connectivity index (χ0n) is 8.89. The van der Waals surface area contributed by atoms with Gasteiger partial charge in [-0.05, 0) is 44.5 Å². The molecule has 1 rings (SSSR count). The van der Waals surface area contributed by atoms with Crippen LogP contribution in [0.4, 0.5) is 5.69 Å². The third-order valence-electron chi connectivity index (χ3n) is 2.04. The van der Waals surface area contributed by atoms with Gasteiger partial charge in [-0.2, -0.15) is 0 Å². The summed E-state index contributed by atoms with van der Waals surface area (Å²) in [4.78, 5) is 0. The minimum atomic E-state index is -0.0623. The molecule has 14 heavy (non-hydrogen) atoms. The van der Waals surface area contributed by atoms with Crippen LogP contribution in [0.25, 0.3) is 0 Å². The molecule has 0 aliphatic carbocycles. The summed E-state index contributed by atoms with van der Waals surface area (Å²) in [6, 6.07) is 6.26. The summed E-state index contributed by atoms with van der Waals surface area (Å²) in [5.41, 5.74) is 7.93. The van der Waals surface area contributed by atoms with Gasteiger partial charge in [0.1, 0.15) is 0 Å². The molecule has 2 nitrogen and oxygen atoms in total. The standard InChI is InChI=1S/C11H17BrN2/c1-8-4-9(12)6-10(5-8)14-11(2,3)7-13/h4-6,14H,7,13H2,1-3H3. The van der Waals surface area contributed by atoms with Crippen LogP contribution in [0.3, 0.4) is 0 Å². The molecule has 0 heterocycles. The summed E-state index contributed by atoms with van der Waals surface area (Å²) in [6.07, 6.45) is 0. The first-order chi connectivity index (χ1) is 6.43. The number of aryl methyl sites for hydroxylation is 1. The number of nitrogens with one attached hydrogen (secondary N) is 1. The van der Waals surface area contributed by atoms with Crippen LogP contribution in [0.15, 0.2) is 22.7 Å². The maximum absolute atomic E-state index is 5.66. The van der Waals surface area contributed by atoms with Gasteiger partial charge in [-0.3, -0.25) is 0 Å². The molecule has 3 heteroatoms. The van der Waals surface area contributed by atoms with E-state index in [0.29, 0.717) is 6.54 Å². The molecule has 1 aromatic carbocycles. The van der Waals surface area contributed by atoms with Crippen LogP contribution in [-0.4, -0.2) is 12.1 Å². The van der Waals surface area contributed by atoms with Gasteiger partial charge in [0.2, 0.25) is 0 Å². The predicted octanol–water partition coefficient (Wildman–Crippen LogP) is 2.91. The molecule has 0 aliphatic heterocycles. The lowest BCUT2D eigenvalue weighted by atomic mass is 10.1. The van der Waals surface area contributed by atoms with Crippen molar-refractivity contribution in [3.8, 4) is 0 Å². The number of hydrogen-bond donors (Lipinski definition) is 2. The highest BCUT2D eigenvalue weighted by atomic mass is 79.9. The molecule has 0 aromatic heterocycles. The van der Waals surface area contributed by atoms with Gasteiger partial charge >= 0.3 is 0 Å². The maximum atomic E-state index is 5.66. The Morgan fingerprint density at radius 1 is 1.36 bits per heavy atom. The number of halogens is 1. The van der Waals surface area contributed by atoms with E-state index >= 15 is 0 Å². The van der Waals surface area contributed by atoms with E-state index in [2.05, 4.69) is 60.2 Å². The molecule has 0 bridgehead atoms. The van der Waals surface area contributed by atoms with Gasteiger partial charge in [-0.1, -0.05) is 15.9 Å². The van der Waals surface area contributed by atoms with Crippen molar-refractivity contribution >= 4 is 21.6 Å². The van der Waals surface area contributed by atoms with Crippen molar-refractivity contribution in [2.75, 3.05) is 11.9 Å². The Morgan fingerprint density at radius 3 is 2.50 bits per heavy atom. The molecule has 0 aliphatic rings. The van der Waals surface area contributed by atoms with Crippen LogP contribution in [0.5, 0.6) is 0 Å². The summed E-state index contributed by atoms with van der Waals surface area (Å²) in [5, 5.41) is 3.39. The lowest BCUT2D eigenvalue weighted by Crippen LogP contribution is -2.39. The fourth-order valence-corrected chi connectivity index (χ4v) is 1.86. The highest BCUT2D eigenvalue weighted by Gasteiger charge is 2.14. The van der Waals surface area contributed by atoms with Gasteiger partial charge in [0.15, 0.2) is 0 Å². The Morgan fingerprint density at radius 2 is 2.00 bits per heavy atom. The first-order valence-electron chi connectivity index (χ1n) is 4.68. The van der Waals surface area contributed by atoms with Gasteiger partial charge in [-0.15, -0.1) is 0 Å². The molecule has 0 fully saturated rings. The van der Waals surface area contributed by atoms with Gasteiger partial charge in [0.05, 0.1) is 0 Å². The first kappa shape index (κ1) is 11.5. The van der Waals surface area contributed by atoms with Crippen LogP contribution in [0.1, 0.15) is 19.4 Å². The summed E-state index contributed by atoms with van der Waals surface area (Å²) in [6.45, 7) is 6.86. The summed E-state index contributed by atoms with van der Waals surface area (Å²) in [5.74, 6) is 0. The van der Waals surface area contributed by atoms with Gasteiger partial charge in [0, 0.05) is 22.2 Å². The molecular formula is C11H17BrN2. The van der Waals surface area contributed by atoms with E-state index in [1.165, 1.54) is 5.56 Å². The van der Waals surface area contributed by atoms with E-state index in [-0.39, 0.29) is 5.54 Å². The minimum Gasteiger partial charge on any atom is -0.379 e. The zero-order chi connectivity index (χ0) is 10.8. The summed E-state index contributed by atoms with van der Waals surface area (Å²) < 4.78 is 1.09. The molecular weight excluding hydrogens is 240 g/mol. The number of nitrogens with two attached hydrogens (primary N) is 1. The average molecular weight is 257 g/mol. The van der Waals surface area contributed by atoms with Crippen LogP contribution >= 0.6 is 15.9 Å². The van der Waals surface area contributed by atoms with E-state index in [9.17, 15) is 0 Å². The molecule has 3 N–H and O–H groups in total. The van der Waals surface area contributed by atoms with E-state index < -0.39 is 0 Å². The molecule has 0 saturated heterocycles. The molecule has 1 aromatic rings. The molecule has 0 amide bonds. The second kappa shape index (κ2) is 4.32. The highest BCUT2D eigenvalue weighted by Crippen LogP contribution is 2.21. The fourth-order valence-electron chi connectivity index (χ4n) is 1.25. The topological polar surface area (TPSA) is 38.0 Å². The molecule has 0 atom stereocenters. The monoisotopic (exact) mass is 256 g/mol. The van der Waals surface area contributed by atoms with Gasteiger partial charge < -0.3 is 11.1 Å². The second-order valence-corrected chi connectivity index (χ2v) is 5.15. The molecule has 0 saturated carbocycles. The van der Waals surface area contributed by atoms with Crippen molar-refractivity contribution in [3.05, 3.63) is 28.2 Å². The molecule has 78 valence electrons. The fraction of sp³-hybridized carbons (Fsp3) is 0.455. The SMILES string of the molecule is Cc1cc(Br)cc(NC(C)(C)CN)c1. The highest BCUT2D eigenvalue weighted by molar-refractivity contribution is 9.10. The van der Waals surface area contributed by atoms with Crippen molar-refractivity contribution in [1.29, 1.82) is 0 Å². The Balaban J connectivity index is 2.87. The Bertz CT molecular complexity index is 301. The normalized spacial score (nSPS) is 11.5. The van der Waals surface area contributed by atoms with Crippen LogP contribution in [0, 0.1) is 6.92 Å². The van der Waals surface area contributed by atoms with E-state index in [1.54, 1.807) is 0 Å². The van der Waals surface area contributed by atoms with Crippen molar-refractivity contribution < 1.29 is 0 Å². The van der Waals surface area contributed by atoms with Crippen LogP contribution < -0.4 is 11.1 Å². The third kappa shape index (κ3) is 3.31. The average Bonchev–Trinajstić information content (AvgIpc) is 2.01. The Labute approximate surface area is 94.0 Å². The van der Waals surface area contributed by atoms with Crippen LogP contribution in [-0.2, 0) is 0 Å². The maximum Gasteiger partial charge on any atom is 0.0439 e.